The molecule has 0 aromatic heterocycles. The van der Waals surface area contributed by atoms with Gasteiger partial charge in [0.1, 0.15) is 5.60 Å². The molecule has 1 fully saturated rings. The quantitative estimate of drug-likeness (QED) is 0.720. The Labute approximate surface area is 103 Å². The van der Waals surface area contributed by atoms with Gasteiger partial charge in [0.25, 0.3) is 0 Å². The van der Waals surface area contributed by atoms with E-state index in [9.17, 15) is 9.90 Å². The van der Waals surface area contributed by atoms with Gasteiger partial charge in [-0.15, -0.1) is 0 Å². The van der Waals surface area contributed by atoms with Crippen molar-refractivity contribution in [1.82, 2.24) is 4.90 Å². The van der Waals surface area contributed by atoms with Crippen LogP contribution in [0.3, 0.4) is 0 Å². The van der Waals surface area contributed by atoms with Crippen molar-refractivity contribution in [2.75, 3.05) is 19.7 Å². The summed E-state index contributed by atoms with van der Waals surface area (Å²) in [6.45, 7) is 8.43. The molecule has 0 radical (unpaired) electrons. The van der Waals surface area contributed by atoms with E-state index in [2.05, 4.69) is 0 Å². The van der Waals surface area contributed by atoms with Gasteiger partial charge in [-0.25, -0.2) is 4.79 Å². The molecule has 1 saturated heterocycles. The minimum Gasteiger partial charge on any atom is -0.444 e. The summed E-state index contributed by atoms with van der Waals surface area (Å²) in [6.07, 6.45) is 0.361. The largest absolute Gasteiger partial charge is 0.444 e. The van der Waals surface area contributed by atoms with Gasteiger partial charge in [0.2, 0.25) is 0 Å². The number of aliphatic hydroxyl groups is 1. The summed E-state index contributed by atoms with van der Waals surface area (Å²) in [5, 5.41) is 9.39. The Hall–Kier alpha value is -0.810. The Morgan fingerprint density at radius 1 is 1.59 bits per heavy atom. The van der Waals surface area contributed by atoms with Crippen molar-refractivity contribution >= 4 is 6.09 Å². The van der Waals surface area contributed by atoms with E-state index in [0.717, 1.165) is 0 Å². The second-order valence-electron chi connectivity index (χ2n) is 6.11. The van der Waals surface area contributed by atoms with Crippen LogP contribution in [-0.4, -0.2) is 47.4 Å². The summed E-state index contributed by atoms with van der Waals surface area (Å²) < 4.78 is 5.31. The van der Waals surface area contributed by atoms with Crippen molar-refractivity contribution in [1.29, 1.82) is 0 Å². The zero-order valence-electron chi connectivity index (χ0n) is 11.2. The summed E-state index contributed by atoms with van der Waals surface area (Å²) >= 11 is 0. The van der Waals surface area contributed by atoms with Gasteiger partial charge in [0.15, 0.2) is 0 Å². The highest BCUT2D eigenvalue weighted by molar-refractivity contribution is 5.68. The van der Waals surface area contributed by atoms with Gasteiger partial charge in [0.05, 0.1) is 6.61 Å². The first-order valence-corrected chi connectivity index (χ1v) is 6.02. The number of carbonyl (C=O) groups is 1. The second kappa shape index (κ2) is 4.82. The third-order valence-electron chi connectivity index (χ3n) is 3.17. The first-order chi connectivity index (χ1) is 7.68. The average molecular weight is 244 g/mol. The normalized spacial score (nSPS) is 30.2. The molecule has 100 valence electrons. The van der Waals surface area contributed by atoms with E-state index >= 15 is 0 Å². The zero-order valence-corrected chi connectivity index (χ0v) is 11.2. The highest BCUT2D eigenvalue weighted by Gasteiger charge is 2.39. The van der Waals surface area contributed by atoms with Crippen LogP contribution in [0, 0.1) is 5.41 Å². The number of hydrogen-bond acceptors (Lipinski definition) is 4. The predicted molar refractivity (Wildman–Crippen MR) is 65.6 cm³/mol. The number of carbonyl (C=O) groups excluding carboxylic acids is 1. The maximum Gasteiger partial charge on any atom is 0.410 e. The molecule has 0 spiro atoms. The van der Waals surface area contributed by atoms with Gasteiger partial charge < -0.3 is 20.5 Å². The van der Waals surface area contributed by atoms with Gasteiger partial charge in [0, 0.05) is 24.5 Å². The van der Waals surface area contributed by atoms with E-state index in [4.69, 9.17) is 10.5 Å². The smallest absolute Gasteiger partial charge is 0.410 e. The molecule has 1 amide bonds. The Bertz CT molecular complexity index is 288. The zero-order chi connectivity index (χ0) is 13.3. The lowest BCUT2D eigenvalue weighted by Crippen LogP contribution is -2.57. The van der Waals surface area contributed by atoms with Crippen molar-refractivity contribution in [3.8, 4) is 0 Å². The lowest BCUT2D eigenvalue weighted by molar-refractivity contribution is -0.00990. The minimum atomic E-state index is -0.494. The number of likely N-dealkylation sites (tertiary alicyclic amines) is 1. The van der Waals surface area contributed by atoms with Crippen LogP contribution in [0.2, 0.25) is 0 Å². The molecule has 0 bridgehead atoms. The molecule has 1 aliphatic heterocycles. The van der Waals surface area contributed by atoms with E-state index in [-0.39, 0.29) is 18.7 Å². The second-order valence-corrected chi connectivity index (χ2v) is 6.11. The van der Waals surface area contributed by atoms with Crippen molar-refractivity contribution in [3.05, 3.63) is 0 Å². The molecule has 1 rings (SSSR count). The highest BCUT2D eigenvalue weighted by atomic mass is 16.6. The van der Waals surface area contributed by atoms with Crippen LogP contribution in [0.5, 0.6) is 0 Å². The van der Waals surface area contributed by atoms with Crippen molar-refractivity contribution in [3.63, 3.8) is 0 Å². The molecule has 0 saturated carbocycles. The van der Waals surface area contributed by atoms with Gasteiger partial charge in [-0.3, -0.25) is 0 Å². The standard InChI is InChI=1S/C12H24N2O3/c1-11(2,3)17-10(16)14-6-5-9(13)12(4,7-14)8-15/h9,15H,5-8,13H2,1-4H3/t9-,12+/m1/s1. The topological polar surface area (TPSA) is 75.8 Å². The summed E-state index contributed by atoms with van der Waals surface area (Å²) in [5.41, 5.74) is 5.05. The molecule has 0 aromatic carbocycles. The molecule has 2 atom stereocenters. The van der Waals surface area contributed by atoms with E-state index in [1.807, 2.05) is 27.7 Å². The van der Waals surface area contributed by atoms with E-state index in [0.29, 0.717) is 19.5 Å². The van der Waals surface area contributed by atoms with Gasteiger partial charge in [-0.1, -0.05) is 6.92 Å². The van der Waals surface area contributed by atoms with Crippen LogP contribution in [-0.2, 0) is 4.74 Å². The lowest BCUT2D eigenvalue weighted by atomic mass is 9.78. The van der Waals surface area contributed by atoms with E-state index in [1.165, 1.54) is 0 Å². The van der Waals surface area contributed by atoms with Crippen LogP contribution in [0.1, 0.15) is 34.1 Å². The van der Waals surface area contributed by atoms with E-state index < -0.39 is 11.0 Å². The van der Waals surface area contributed by atoms with Crippen LogP contribution >= 0.6 is 0 Å². The van der Waals surface area contributed by atoms with Crippen LogP contribution < -0.4 is 5.73 Å². The summed E-state index contributed by atoms with van der Waals surface area (Å²) in [6, 6.07) is -0.0776. The minimum absolute atomic E-state index is 0.0204. The predicted octanol–water partition coefficient (Wildman–Crippen LogP) is 0.953. The molecule has 5 heteroatoms. The molecule has 5 nitrogen and oxygen atoms in total. The average Bonchev–Trinajstić information content (AvgIpc) is 2.19. The molecule has 17 heavy (non-hydrogen) atoms. The Balaban J connectivity index is 2.66. The molecule has 0 aromatic rings. The maximum atomic E-state index is 11.9. The fraction of sp³-hybridized carbons (Fsp3) is 0.917. The van der Waals surface area contributed by atoms with Crippen LogP contribution in [0.15, 0.2) is 0 Å². The molecule has 0 aliphatic carbocycles. The first-order valence-electron chi connectivity index (χ1n) is 6.02. The van der Waals surface area contributed by atoms with Crippen molar-refractivity contribution in [2.24, 2.45) is 11.1 Å². The maximum absolute atomic E-state index is 11.9. The summed E-state index contributed by atoms with van der Waals surface area (Å²) in [7, 11) is 0. The van der Waals surface area contributed by atoms with Crippen LogP contribution in [0.25, 0.3) is 0 Å². The van der Waals surface area contributed by atoms with Crippen molar-refractivity contribution in [2.45, 2.75) is 45.8 Å². The van der Waals surface area contributed by atoms with E-state index in [1.54, 1.807) is 4.90 Å². The van der Waals surface area contributed by atoms with Crippen molar-refractivity contribution < 1.29 is 14.6 Å². The number of rotatable bonds is 1. The lowest BCUT2D eigenvalue weighted by Gasteiger charge is -2.43. The summed E-state index contributed by atoms with van der Waals surface area (Å²) in [5.74, 6) is 0. The number of piperidine rings is 1. The van der Waals surface area contributed by atoms with Gasteiger partial charge >= 0.3 is 6.09 Å². The number of amides is 1. The Kier molecular flexibility index (Phi) is 4.04. The monoisotopic (exact) mass is 244 g/mol. The number of hydrogen-bond donors (Lipinski definition) is 2. The molecule has 1 aliphatic rings. The Morgan fingerprint density at radius 3 is 2.65 bits per heavy atom. The number of nitrogens with two attached hydrogens (primary N) is 1. The molecule has 3 N–H and O–H groups in total. The van der Waals surface area contributed by atoms with Gasteiger partial charge in [-0.05, 0) is 27.2 Å². The number of ether oxygens (including phenoxy) is 1. The fourth-order valence-corrected chi connectivity index (χ4v) is 1.93. The van der Waals surface area contributed by atoms with Crippen LogP contribution in [0.4, 0.5) is 4.79 Å². The molecular weight excluding hydrogens is 220 g/mol. The number of aliphatic hydroxyl groups excluding tert-OH is 1. The highest BCUT2D eigenvalue weighted by Crippen LogP contribution is 2.28. The summed E-state index contributed by atoms with van der Waals surface area (Å²) in [4.78, 5) is 13.5. The first kappa shape index (κ1) is 14.3. The fourth-order valence-electron chi connectivity index (χ4n) is 1.93. The molecule has 1 heterocycles. The number of nitrogens with zero attached hydrogens (tertiary/aromatic N) is 1. The third kappa shape index (κ3) is 3.57. The Morgan fingerprint density at radius 2 is 2.18 bits per heavy atom. The molecule has 0 unspecified atom stereocenters. The molecular formula is C12H24N2O3. The third-order valence-corrected chi connectivity index (χ3v) is 3.17. The SMILES string of the molecule is CC(C)(C)OC(=O)N1CC[C@@H](N)[C@](C)(CO)C1. The van der Waals surface area contributed by atoms with Gasteiger partial charge in [-0.2, -0.15) is 0 Å².